The van der Waals surface area contributed by atoms with Gasteiger partial charge in [0.1, 0.15) is 0 Å². The first-order valence-corrected chi connectivity index (χ1v) is 7.66. The van der Waals surface area contributed by atoms with E-state index in [0.29, 0.717) is 18.1 Å². The lowest BCUT2D eigenvalue weighted by molar-refractivity contribution is 0.0592. The van der Waals surface area contributed by atoms with Crippen LogP contribution in [0.2, 0.25) is 0 Å². The van der Waals surface area contributed by atoms with Gasteiger partial charge in [-0.1, -0.05) is 0 Å². The monoisotopic (exact) mass is 245 g/mol. The lowest BCUT2D eigenvalue weighted by Crippen LogP contribution is -2.63. The molecule has 3 heterocycles. The summed E-state index contributed by atoms with van der Waals surface area (Å²) in [5.41, 5.74) is 0. The molecule has 0 aromatic carbocycles. The molecule has 0 aromatic heterocycles. The molecule has 2 unspecified atom stereocenters. The predicted molar refractivity (Wildman–Crippen MR) is 61.4 cm³/mol. The normalized spacial score (nSPS) is 40.9. The molecule has 92 valence electrons. The molecule has 16 heavy (non-hydrogen) atoms. The Morgan fingerprint density at radius 3 is 2.00 bits per heavy atom. The van der Waals surface area contributed by atoms with Crippen LogP contribution in [-0.4, -0.2) is 49.8 Å². The number of nitrogens with one attached hydrogen (secondary N) is 1. The van der Waals surface area contributed by atoms with Crippen molar-refractivity contribution < 1.29 is 8.42 Å². The van der Waals surface area contributed by atoms with Crippen molar-refractivity contribution in [2.75, 3.05) is 13.1 Å². The summed E-state index contributed by atoms with van der Waals surface area (Å²) in [5, 5.41) is 8.26. The average molecular weight is 245 g/mol. The summed E-state index contributed by atoms with van der Waals surface area (Å²) >= 11 is 0. The van der Waals surface area contributed by atoms with E-state index in [1.165, 1.54) is 0 Å². The second-order valence-electron chi connectivity index (χ2n) is 5.33. The van der Waals surface area contributed by atoms with Gasteiger partial charge >= 0.3 is 0 Å². The largest absolute Gasteiger partial charge is 0.314 e. The maximum Gasteiger partial charge on any atom is 0.212 e. The number of hydrogen-bond acceptors (Lipinski definition) is 4. The highest BCUT2D eigenvalue weighted by molar-refractivity contribution is 7.89. The van der Waals surface area contributed by atoms with Crippen LogP contribution in [0.3, 0.4) is 0 Å². The van der Waals surface area contributed by atoms with Crippen molar-refractivity contribution in [3.05, 3.63) is 0 Å². The van der Waals surface area contributed by atoms with Gasteiger partial charge in [-0.15, -0.1) is 0 Å². The molecule has 2 bridgehead atoms. The van der Waals surface area contributed by atoms with Crippen molar-refractivity contribution in [1.29, 1.82) is 0 Å². The van der Waals surface area contributed by atoms with Crippen LogP contribution < -0.4 is 10.5 Å². The fourth-order valence-electron chi connectivity index (χ4n) is 3.51. The first-order valence-electron chi connectivity index (χ1n) is 6.05. The highest BCUT2D eigenvalue weighted by atomic mass is 32.2. The molecule has 5 nitrogen and oxygen atoms in total. The Morgan fingerprint density at radius 1 is 1.06 bits per heavy atom. The third-order valence-corrected chi connectivity index (χ3v) is 5.71. The van der Waals surface area contributed by atoms with E-state index in [-0.39, 0.29) is 5.25 Å². The molecule has 0 saturated carbocycles. The van der Waals surface area contributed by atoms with Gasteiger partial charge in [0.15, 0.2) is 0 Å². The fourth-order valence-corrected chi connectivity index (χ4v) is 4.49. The Kier molecular flexibility index (Phi) is 2.51. The van der Waals surface area contributed by atoms with Gasteiger partial charge in [0.25, 0.3) is 0 Å². The van der Waals surface area contributed by atoms with Crippen LogP contribution >= 0.6 is 0 Å². The lowest BCUT2D eigenvalue weighted by Gasteiger charge is -2.46. The maximum absolute atomic E-state index is 11.4. The number of primary sulfonamides is 1. The van der Waals surface area contributed by atoms with Gasteiger partial charge in [-0.05, 0) is 25.7 Å². The molecule has 3 N–H and O–H groups in total. The number of hydrogen-bond donors (Lipinski definition) is 2. The second kappa shape index (κ2) is 3.66. The van der Waals surface area contributed by atoms with Gasteiger partial charge in [-0.3, -0.25) is 4.90 Å². The van der Waals surface area contributed by atoms with Crippen LogP contribution in [0, 0.1) is 0 Å². The lowest BCUT2D eigenvalue weighted by atomic mass is 9.97. The van der Waals surface area contributed by atoms with E-state index in [4.69, 9.17) is 5.14 Å². The summed E-state index contributed by atoms with van der Waals surface area (Å²) in [7, 11) is -3.33. The quantitative estimate of drug-likeness (QED) is 0.671. The second-order valence-corrected chi connectivity index (χ2v) is 7.17. The zero-order valence-corrected chi connectivity index (χ0v) is 10.1. The van der Waals surface area contributed by atoms with Crippen LogP contribution in [-0.2, 0) is 10.0 Å². The number of rotatable bonds is 2. The van der Waals surface area contributed by atoms with E-state index in [1.54, 1.807) is 0 Å². The molecule has 3 aliphatic heterocycles. The van der Waals surface area contributed by atoms with Crippen LogP contribution in [0.25, 0.3) is 0 Å². The SMILES string of the molecule is NS(=O)(=O)C1CC2CC[C@H](C1)N2C1CNC1. The van der Waals surface area contributed by atoms with Gasteiger partial charge in [0.05, 0.1) is 5.25 Å². The molecule has 0 radical (unpaired) electrons. The number of piperidine rings is 1. The fraction of sp³-hybridized carbons (Fsp3) is 1.00. The molecule has 0 aliphatic carbocycles. The van der Waals surface area contributed by atoms with Crippen molar-refractivity contribution in [1.82, 2.24) is 10.2 Å². The molecular formula is C10H19N3O2S. The number of sulfonamides is 1. The molecule has 0 spiro atoms. The molecule has 6 heteroatoms. The summed E-state index contributed by atoms with van der Waals surface area (Å²) in [6.07, 6.45) is 3.78. The third kappa shape index (κ3) is 1.68. The van der Waals surface area contributed by atoms with E-state index < -0.39 is 10.0 Å². The van der Waals surface area contributed by atoms with Gasteiger partial charge < -0.3 is 5.32 Å². The summed E-state index contributed by atoms with van der Waals surface area (Å²) in [6, 6.07) is 1.54. The van der Waals surface area contributed by atoms with Crippen molar-refractivity contribution in [2.24, 2.45) is 5.14 Å². The summed E-state index contributed by atoms with van der Waals surface area (Å²) in [4.78, 5) is 2.55. The number of nitrogens with two attached hydrogens (primary N) is 1. The Bertz CT molecular complexity index is 366. The Morgan fingerprint density at radius 2 is 1.62 bits per heavy atom. The van der Waals surface area contributed by atoms with Gasteiger partial charge in [-0.2, -0.15) is 0 Å². The maximum atomic E-state index is 11.4. The zero-order valence-electron chi connectivity index (χ0n) is 9.30. The average Bonchev–Trinajstić information content (AvgIpc) is 2.39. The molecule has 3 aliphatic rings. The minimum Gasteiger partial charge on any atom is -0.314 e. The summed E-state index contributed by atoms with van der Waals surface area (Å²) < 4.78 is 22.8. The van der Waals surface area contributed by atoms with E-state index >= 15 is 0 Å². The van der Waals surface area contributed by atoms with E-state index in [2.05, 4.69) is 10.2 Å². The van der Waals surface area contributed by atoms with Crippen molar-refractivity contribution in [2.45, 2.75) is 49.1 Å². The predicted octanol–water partition coefficient (Wildman–Crippen LogP) is -0.758. The molecule has 0 amide bonds. The number of nitrogens with zero attached hydrogens (tertiary/aromatic N) is 1. The molecule has 3 atom stereocenters. The van der Waals surface area contributed by atoms with Crippen molar-refractivity contribution >= 4 is 10.0 Å². The summed E-state index contributed by atoms with van der Waals surface area (Å²) in [5.74, 6) is 0. The standard InChI is InChI=1S/C10H19N3O2S/c11-16(14,15)10-3-7-1-2-8(4-10)13(7)9-5-12-6-9/h7-10,12H,1-6H2,(H2,11,14,15)/t7-,8?,10?/m1/s1. The van der Waals surface area contributed by atoms with E-state index in [9.17, 15) is 8.42 Å². The van der Waals surface area contributed by atoms with Crippen LogP contribution in [0.4, 0.5) is 0 Å². The van der Waals surface area contributed by atoms with E-state index in [1.807, 2.05) is 0 Å². The Labute approximate surface area is 96.4 Å². The summed E-state index contributed by atoms with van der Waals surface area (Å²) in [6.45, 7) is 2.13. The van der Waals surface area contributed by atoms with E-state index in [0.717, 1.165) is 38.8 Å². The van der Waals surface area contributed by atoms with Gasteiger partial charge in [0.2, 0.25) is 10.0 Å². The van der Waals surface area contributed by atoms with Crippen LogP contribution in [0.5, 0.6) is 0 Å². The third-order valence-electron chi connectivity index (χ3n) is 4.39. The molecule has 3 fully saturated rings. The zero-order chi connectivity index (χ0) is 11.3. The number of fused-ring (bicyclic) bond motifs is 2. The van der Waals surface area contributed by atoms with Gasteiger partial charge in [0, 0.05) is 31.2 Å². The van der Waals surface area contributed by atoms with Gasteiger partial charge in [-0.25, -0.2) is 13.6 Å². The Balaban J connectivity index is 1.76. The minimum absolute atomic E-state index is 0.297. The van der Waals surface area contributed by atoms with Crippen LogP contribution in [0.1, 0.15) is 25.7 Å². The highest BCUT2D eigenvalue weighted by Gasteiger charge is 2.47. The molecule has 3 saturated heterocycles. The smallest absolute Gasteiger partial charge is 0.212 e. The van der Waals surface area contributed by atoms with Crippen LogP contribution in [0.15, 0.2) is 0 Å². The first-order chi connectivity index (χ1) is 7.55. The highest BCUT2D eigenvalue weighted by Crippen LogP contribution is 2.39. The minimum atomic E-state index is -3.33. The van der Waals surface area contributed by atoms with Crippen molar-refractivity contribution in [3.63, 3.8) is 0 Å². The molecule has 0 aromatic rings. The Hall–Kier alpha value is -0.170. The molecular weight excluding hydrogens is 226 g/mol. The molecule has 3 rings (SSSR count). The topological polar surface area (TPSA) is 75.4 Å². The van der Waals surface area contributed by atoms with Crippen molar-refractivity contribution in [3.8, 4) is 0 Å². The first kappa shape index (κ1) is 11.0.